The predicted molar refractivity (Wildman–Crippen MR) is 126 cm³/mol. The highest BCUT2D eigenvalue weighted by Gasteiger charge is 2.41. The van der Waals surface area contributed by atoms with E-state index in [4.69, 9.17) is 25.8 Å². The molecule has 0 bridgehead atoms. The van der Waals surface area contributed by atoms with E-state index in [1.807, 2.05) is 34.6 Å². The van der Waals surface area contributed by atoms with Gasteiger partial charge in [0.2, 0.25) is 5.29 Å². The van der Waals surface area contributed by atoms with Crippen LogP contribution in [0.2, 0.25) is 0 Å². The Labute approximate surface area is 195 Å². The van der Waals surface area contributed by atoms with Crippen molar-refractivity contribution in [3.8, 4) is 0 Å². The first-order valence-corrected chi connectivity index (χ1v) is 11.8. The molecule has 9 heteroatoms. The van der Waals surface area contributed by atoms with Gasteiger partial charge in [0.15, 0.2) is 6.29 Å². The molecule has 178 valence electrons. The number of nitrogens with zero attached hydrogens (tertiary/aromatic N) is 3. The first kappa shape index (κ1) is 24.7. The highest BCUT2D eigenvalue weighted by molar-refractivity contribution is 6.65. The number of carbonyl (C=O) groups is 1. The highest BCUT2D eigenvalue weighted by Crippen LogP contribution is 2.45. The molecule has 0 spiro atoms. The van der Waals surface area contributed by atoms with E-state index in [1.54, 1.807) is 6.21 Å². The van der Waals surface area contributed by atoms with Gasteiger partial charge < -0.3 is 24.1 Å². The number of hydrogen-bond donors (Lipinski definition) is 1. The van der Waals surface area contributed by atoms with Crippen molar-refractivity contribution in [2.45, 2.75) is 84.2 Å². The van der Waals surface area contributed by atoms with Crippen LogP contribution in [0.3, 0.4) is 0 Å². The van der Waals surface area contributed by atoms with Crippen LogP contribution in [0, 0.1) is 0 Å². The average Bonchev–Trinajstić information content (AvgIpc) is 3.26. The smallest absolute Gasteiger partial charge is 0.407 e. The summed E-state index contributed by atoms with van der Waals surface area (Å²) in [5, 5.41) is 3.19. The summed E-state index contributed by atoms with van der Waals surface area (Å²) in [6.07, 6.45) is 5.26. The molecule has 1 aromatic rings. The van der Waals surface area contributed by atoms with Gasteiger partial charge in [0.05, 0.1) is 11.2 Å². The standard InChI is InChI=1S/C23H35ClN4O4/c1-6-30-19(31-7-2)17-14-16-10-13-25-20(24)27-18(16)28(17)23(11-8-9-12-23)15-26-21(29)32-22(3,4)5/h13-14,19H,6-12,15H2,1-5H3,(H,26,29). The van der Waals surface area contributed by atoms with Crippen LogP contribution in [0.25, 0.3) is 0 Å². The predicted octanol–water partition coefficient (Wildman–Crippen LogP) is 5.21. The number of nitrogens with one attached hydrogen (secondary N) is 1. The van der Waals surface area contributed by atoms with E-state index in [1.165, 1.54) is 0 Å². The summed E-state index contributed by atoms with van der Waals surface area (Å²) in [7, 11) is 0. The van der Waals surface area contributed by atoms with Crippen LogP contribution in [0.5, 0.6) is 0 Å². The quantitative estimate of drug-likeness (QED) is 0.421. The molecule has 1 aliphatic carbocycles. The van der Waals surface area contributed by atoms with E-state index < -0.39 is 23.5 Å². The van der Waals surface area contributed by atoms with Crippen LogP contribution in [0.15, 0.2) is 16.1 Å². The van der Waals surface area contributed by atoms with Crippen LogP contribution in [0.4, 0.5) is 10.6 Å². The van der Waals surface area contributed by atoms with Crippen molar-refractivity contribution >= 4 is 35.0 Å². The number of aliphatic imine (C=N–C) groups is 2. The summed E-state index contributed by atoms with van der Waals surface area (Å²) in [6, 6.07) is 2.07. The molecule has 32 heavy (non-hydrogen) atoms. The number of alkyl carbamates (subject to hydrolysis) is 1. The normalized spacial score (nSPS) is 17.8. The highest BCUT2D eigenvalue weighted by atomic mass is 35.5. The van der Waals surface area contributed by atoms with E-state index in [0.29, 0.717) is 26.2 Å². The minimum absolute atomic E-state index is 0.187. The molecular formula is C23H35ClN4O4. The lowest BCUT2D eigenvalue weighted by molar-refractivity contribution is -0.145. The third kappa shape index (κ3) is 5.71. The molecule has 0 unspecified atom stereocenters. The molecule has 3 rings (SSSR count). The average molecular weight is 467 g/mol. The van der Waals surface area contributed by atoms with Crippen molar-refractivity contribution < 1.29 is 19.0 Å². The first-order valence-electron chi connectivity index (χ1n) is 11.4. The van der Waals surface area contributed by atoms with E-state index >= 15 is 0 Å². The van der Waals surface area contributed by atoms with Crippen LogP contribution in [0.1, 0.15) is 77.8 Å². The second kappa shape index (κ2) is 10.4. The number of halogens is 1. The number of aromatic nitrogens is 1. The molecule has 2 heterocycles. The van der Waals surface area contributed by atoms with Crippen molar-refractivity contribution in [1.29, 1.82) is 0 Å². The molecule has 1 saturated carbocycles. The summed E-state index contributed by atoms with van der Waals surface area (Å²) in [6.45, 7) is 10.9. The largest absolute Gasteiger partial charge is 0.444 e. The van der Waals surface area contributed by atoms with Crippen LogP contribution >= 0.6 is 11.6 Å². The number of carbonyl (C=O) groups excluding carboxylic acids is 1. The molecule has 0 aromatic carbocycles. The molecular weight excluding hydrogens is 432 g/mol. The van der Waals surface area contributed by atoms with Gasteiger partial charge in [-0.3, -0.25) is 0 Å². The molecule has 0 radical (unpaired) electrons. The van der Waals surface area contributed by atoms with Gasteiger partial charge in [0, 0.05) is 38.0 Å². The minimum atomic E-state index is -0.563. The fourth-order valence-corrected chi connectivity index (χ4v) is 4.59. The Hall–Kier alpha value is -1.90. The number of ether oxygens (including phenoxy) is 3. The number of amides is 1. The summed E-state index contributed by atoms with van der Waals surface area (Å²) < 4.78 is 19.6. The van der Waals surface area contributed by atoms with Gasteiger partial charge in [0.25, 0.3) is 0 Å². The second-order valence-corrected chi connectivity index (χ2v) is 9.52. The maximum Gasteiger partial charge on any atom is 0.407 e. The number of rotatable bonds is 8. The molecule has 1 aromatic heterocycles. The number of hydrogen-bond acceptors (Lipinski definition) is 6. The Kier molecular flexibility index (Phi) is 8.01. The molecule has 1 aliphatic heterocycles. The van der Waals surface area contributed by atoms with Gasteiger partial charge in [-0.25, -0.2) is 14.8 Å². The Morgan fingerprint density at radius 2 is 1.91 bits per heavy atom. The third-order valence-electron chi connectivity index (χ3n) is 5.63. The van der Waals surface area contributed by atoms with Crippen molar-refractivity contribution in [2.75, 3.05) is 19.8 Å². The third-order valence-corrected chi connectivity index (χ3v) is 5.82. The fourth-order valence-electron chi connectivity index (χ4n) is 4.44. The Morgan fingerprint density at radius 3 is 2.50 bits per heavy atom. The molecule has 1 fully saturated rings. The molecule has 8 nitrogen and oxygen atoms in total. The lowest BCUT2D eigenvalue weighted by atomic mass is 9.96. The zero-order valence-corrected chi connectivity index (χ0v) is 20.5. The first-order chi connectivity index (χ1) is 15.2. The van der Waals surface area contributed by atoms with Crippen molar-refractivity contribution in [3.63, 3.8) is 0 Å². The van der Waals surface area contributed by atoms with E-state index in [2.05, 4.69) is 25.9 Å². The molecule has 2 aliphatic rings. The maximum atomic E-state index is 12.5. The Morgan fingerprint density at radius 1 is 1.25 bits per heavy atom. The monoisotopic (exact) mass is 466 g/mol. The minimum Gasteiger partial charge on any atom is -0.444 e. The zero-order valence-electron chi connectivity index (χ0n) is 19.7. The van der Waals surface area contributed by atoms with E-state index in [-0.39, 0.29) is 5.29 Å². The van der Waals surface area contributed by atoms with Gasteiger partial charge in [-0.05, 0) is 65.1 Å². The van der Waals surface area contributed by atoms with Crippen LogP contribution in [-0.2, 0) is 26.2 Å². The summed E-state index contributed by atoms with van der Waals surface area (Å²) >= 11 is 6.27. The lowest BCUT2D eigenvalue weighted by Crippen LogP contribution is -2.45. The van der Waals surface area contributed by atoms with Crippen molar-refractivity contribution in [1.82, 2.24) is 9.88 Å². The molecule has 0 atom stereocenters. The molecule has 1 N–H and O–H groups in total. The molecule has 0 saturated heterocycles. The van der Waals surface area contributed by atoms with Crippen LogP contribution < -0.4 is 5.32 Å². The second-order valence-electron chi connectivity index (χ2n) is 9.18. The van der Waals surface area contributed by atoms with Crippen molar-refractivity contribution in [2.24, 2.45) is 9.98 Å². The number of fused-ring (bicyclic) bond motifs is 1. The Bertz CT molecular complexity index is 860. The molecule has 1 amide bonds. The fraction of sp³-hybridized carbons (Fsp3) is 0.696. The summed E-state index contributed by atoms with van der Waals surface area (Å²) in [5.74, 6) is 0.750. The van der Waals surface area contributed by atoms with Gasteiger partial charge in [-0.1, -0.05) is 12.8 Å². The summed E-state index contributed by atoms with van der Waals surface area (Å²) in [5.41, 5.74) is 0.937. The van der Waals surface area contributed by atoms with Gasteiger partial charge in [-0.2, -0.15) is 0 Å². The van der Waals surface area contributed by atoms with Gasteiger partial charge in [0.1, 0.15) is 11.4 Å². The maximum absolute atomic E-state index is 12.5. The van der Waals surface area contributed by atoms with Crippen molar-refractivity contribution in [3.05, 3.63) is 17.3 Å². The SMILES string of the molecule is CCOC(OCC)c1cc2c(n1C1(CNC(=O)OC(C)(C)C)CCCC1)N=C(Cl)N=CC2. The zero-order chi connectivity index (χ0) is 23.4. The van der Waals surface area contributed by atoms with Crippen LogP contribution in [-0.4, -0.2) is 47.5 Å². The Balaban J connectivity index is 2.06. The summed E-state index contributed by atoms with van der Waals surface area (Å²) in [4.78, 5) is 21.3. The lowest BCUT2D eigenvalue weighted by Gasteiger charge is -2.36. The topological polar surface area (TPSA) is 86.4 Å². The van der Waals surface area contributed by atoms with E-state index in [0.717, 1.165) is 42.8 Å². The van der Waals surface area contributed by atoms with E-state index in [9.17, 15) is 4.79 Å². The van der Waals surface area contributed by atoms with Gasteiger partial charge in [-0.15, -0.1) is 0 Å². The number of amidine groups is 1. The van der Waals surface area contributed by atoms with Gasteiger partial charge >= 0.3 is 6.09 Å².